The van der Waals surface area contributed by atoms with Crippen molar-refractivity contribution in [1.82, 2.24) is 4.31 Å². The molecule has 1 heterocycles. The molecule has 9 heteroatoms. The van der Waals surface area contributed by atoms with Crippen LogP contribution in [-0.4, -0.2) is 45.0 Å². The van der Waals surface area contributed by atoms with Crippen molar-refractivity contribution < 1.29 is 27.1 Å². The second-order valence-corrected chi connectivity index (χ2v) is 8.59. The van der Waals surface area contributed by atoms with Gasteiger partial charge in [-0.2, -0.15) is 4.31 Å². The molecule has 6 nitrogen and oxygen atoms in total. The number of esters is 1. The Labute approximate surface area is 173 Å². The van der Waals surface area contributed by atoms with Crippen LogP contribution in [0.15, 0.2) is 53.4 Å². The zero-order valence-corrected chi connectivity index (χ0v) is 17.0. The predicted octanol–water partition coefficient (Wildman–Crippen LogP) is 3.26. The van der Waals surface area contributed by atoms with Crippen molar-refractivity contribution in [1.29, 1.82) is 0 Å². The number of ether oxygens (including phenoxy) is 2. The maximum atomic E-state index is 13.7. The number of carbonyl (C=O) groups excluding carboxylic acids is 1. The first kappa shape index (κ1) is 21.4. The third-order valence-electron chi connectivity index (χ3n) is 4.27. The summed E-state index contributed by atoms with van der Waals surface area (Å²) in [5.74, 6) is -1.26. The minimum absolute atomic E-state index is 0.0877. The fourth-order valence-electron chi connectivity index (χ4n) is 2.76. The zero-order chi connectivity index (χ0) is 20.9. The van der Waals surface area contributed by atoms with E-state index in [1.54, 1.807) is 12.1 Å². The van der Waals surface area contributed by atoms with Crippen molar-refractivity contribution in [2.45, 2.75) is 11.5 Å². The van der Waals surface area contributed by atoms with Crippen LogP contribution < -0.4 is 0 Å². The Morgan fingerprint density at radius 1 is 1.21 bits per heavy atom. The van der Waals surface area contributed by atoms with Gasteiger partial charge in [-0.05, 0) is 35.9 Å². The lowest BCUT2D eigenvalue weighted by Gasteiger charge is -2.26. The lowest BCUT2D eigenvalue weighted by atomic mass is 10.2. The maximum Gasteiger partial charge on any atom is 0.331 e. The van der Waals surface area contributed by atoms with Gasteiger partial charge in [0, 0.05) is 24.7 Å². The molecule has 0 N–H and O–H groups in total. The Balaban J connectivity index is 1.65. The van der Waals surface area contributed by atoms with E-state index in [1.165, 1.54) is 40.7 Å². The van der Waals surface area contributed by atoms with E-state index < -0.39 is 21.8 Å². The molecule has 0 spiro atoms. The normalized spacial score (nSPS) is 15.5. The molecule has 1 aliphatic rings. The molecule has 29 heavy (non-hydrogen) atoms. The molecule has 2 aromatic rings. The highest BCUT2D eigenvalue weighted by Gasteiger charge is 2.26. The summed E-state index contributed by atoms with van der Waals surface area (Å²) < 4.78 is 50.8. The topological polar surface area (TPSA) is 72.9 Å². The van der Waals surface area contributed by atoms with E-state index in [9.17, 15) is 17.6 Å². The highest BCUT2D eigenvalue weighted by atomic mass is 35.5. The molecular weight excluding hydrogens is 421 g/mol. The van der Waals surface area contributed by atoms with Crippen LogP contribution in [0.5, 0.6) is 0 Å². The van der Waals surface area contributed by atoms with Crippen molar-refractivity contribution >= 4 is 33.7 Å². The molecule has 0 amide bonds. The molecule has 0 unspecified atom stereocenters. The van der Waals surface area contributed by atoms with Crippen LogP contribution in [0, 0.1) is 5.82 Å². The summed E-state index contributed by atoms with van der Waals surface area (Å²) in [5.41, 5.74) is 0.606. The van der Waals surface area contributed by atoms with E-state index in [1.807, 2.05) is 0 Å². The van der Waals surface area contributed by atoms with Crippen molar-refractivity contribution in [2.75, 3.05) is 26.3 Å². The van der Waals surface area contributed by atoms with Crippen LogP contribution in [-0.2, 0) is 30.9 Å². The summed E-state index contributed by atoms with van der Waals surface area (Å²) in [4.78, 5) is 12.1. The Hall–Kier alpha value is -2.26. The highest BCUT2D eigenvalue weighted by Crippen LogP contribution is 2.21. The van der Waals surface area contributed by atoms with Crippen LogP contribution in [0.2, 0.25) is 5.02 Å². The minimum Gasteiger partial charge on any atom is -0.458 e. The summed E-state index contributed by atoms with van der Waals surface area (Å²) in [6, 6.07) is 10.4. The third kappa shape index (κ3) is 5.42. The summed E-state index contributed by atoms with van der Waals surface area (Å²) in [7, 11) is -3.64. The molecule has 1 aliphatic heterocycles. The molecule has 0 saturated carbocycles. The molecule has 1 fully saturated rings. The van der Waals surface area contributed by atoms with Crippen molar-refractivity contribution in [3.8, 4) is 0 Å². The average Bonchev–Trinajstić information content (AvgIpc) is 2.73. The molecule has 3 rings (SSSR count). The lowest BCUT2D eigenvalue weighted by molar-refractivity contribution is -0.138. The fourth-order valence-corrected chi connectivity index (χ4v) is 4.46. The molecule has 0 aliphatic carbocycles. The number of hydrogen-bond acceptors (Lipinski definition) is 5. The molecule has 1 saturated heterocycles. The monoisotopic (exact) mass is 439 g/mol. The summed E-state index contributed by atoms with van der Waals surface area (Å²) in [5, 5.41) is 0.176. The van der Waals surface area contributed by atoms with Crippen LogP contribution in [0.1, 0.15) is 11.1 Å². The van der Waals surface area contributed by atoms with Crippen LogP contribution in [0.25, 0.3) is 6.08 Å². The van der Waals surface area contributed by atoms with Gasteiger partial charge in [-0.25, -0.2) is 17.6 Å². The van der Waals surface area contributed by atoms with Crippen molar-refractivity contribution in [2.24, 2.45) is 0 Å². The highest BCUT2D eigenvalue weighted by molar-refractivity contribution is 7.89. The van der Waals surface area contributed by atoms with Gasteiger partial charge in [-0.15, -0.1) is 0 Å². The van der Waals surface area contributed by atoms with Gasteiger partial charge >= 0.3 is 5.97 Å². The number of benzene rings is 2. The summed E-state index contributed by atoms with van der Waals surface area (Å²) in [6.07, 6.45) is 2.30. The first-order valence-electron chi connectivity index (χ1n) is 8.83. The van der Waals surface area contributed by atoms with Crippen molar-refractivity contribution in [3.05, 3.63) is 70.5 Å². The van der Waals surface area contributed by atoms with Gasteiger partial charge in [0.05, 0.1) is 23.1 Å². The summed E-state index contributed by atoms with van der Waals surface area (Å²) in [6.45, 7) is 1.18. The molecule has 154 valence electrons. The molecule has 2 aromatic carbocycles. The largest absolute Gasteiger partial charge is 0.458 e. The second kappa shape index (κ2) is 9.49. The number of rotatable bonds is 6. The molecule has 0 atom stereocenters. The predicted molar refractivity (Wildman–Crippen MR) is 106 cm³/mol. The zero-order valence-electron chi connectivity index (χ0n) is 15.4. The molecule has 0 bridgehead atoms. The van der Waals surface area contributed by atoms with E-state index in [4.69, 9.17) is 21.1 Å². The van der Waals surface area contributed by atoms with E-state index in [0.29, 0.717) is 31.9 Å². The Kier molecular flexibility index (Phi) is 7.02. The Bertz CT molecular complexity index is 999. The Morgan fingerprint density at radius 2 is 1.93 bits per heavy atom. The number of sulfonamides is 1. The summed E-state index contributed by atoms with van der Waals surface area (Å²) >= 11 is 5.90. The minimum atomic E-state index is -3.64. The van der Waals surface area contributed by atoms with Gasteiger partial charge < -0.3 is 9.47 Å². The second-order valence-electron chi connectivity index (χ2n) is 6.24. The standard InChI is InChI=1S/C20H19ClFNO5S/c21-18-5-2-6-19(22)17(18)7-8-20(24)28-14-15-3-1-4-16(13-15)29(25,26)23-9-11-27-12-10-23/h1-8,13H,9-12,14H2/b8-7+. The van der Waals surface area contributed by atoms with E-state index in [-0.39, 0.29) is 22.1 Å². The molecular formula is C20H19ClFNO5S. The number of halogens is 2. The maximum absolute atomic E-state index is 13.7. The van der Waals surface area contributed by atoms with Gasteiger partial charge in [-0.3, -0.25) is 0 Å². The van der Waals surface area contributed by atoms with Crippen molar-refractivity contribution in [3.63, 3.8) is 0 Å². The number of carbonyl (C=O) groups is 1. The smallest absolute Gasteiger partial charge is 0.331 e. The molecule has 0 radical (unpaired) electrons. The third-order valence-corrected chi connectivity index (χ3v) is 6.50. The van der Waals surface area contributed by atoms with E-state index in [0.717, 1.165) is 6.08 Å². The first-order valence-corrected chi connectivity index (χ1v) is 10.7. The van der Waals surface area contributed by atoms with Gasteiger partial charge in [-0.1, -0.05) is 29.8 Å². The van der Waals surface area contributed by atoms with Gasteiger partial charge in [0.1, 0.15) is 12.4 Å². The van der Waals surface area contributed by atoms with Gasteiger partial charge in [0.2, 0.25) is 10.0 Å². The van der Waals surface area contributed by atoms with Crippen LogP contribution in [0.3, 0.4) is 0 Å². The van der Waals surface area contributed by atoms with E-state index >= 15 is 0 Å². The fraction of sp³-hybridized carbons (Fsp3) is 0.250. The quantitative estimate of drug-likeness (QED) is 0.510. The van der Waals surface area contributed by atoms with E-state index in [2.05, 4.69) is 0 Å². The lowest BCUT2D eigenvalue weighted by Crippen LogP contribution is -2.40. The number of nitrogens with zero attached hydrogens (tertiary/aromatic N) is 1. The van der Waals surface area contributed by atoms with Crippen LogP contribution in [0.4, 0.5) is 4.39 Å². The SMILES string of the molecule is O=C(/C=C/c1c(F)cccc1Cl)OCc1cccc(S(=O)(=O)N2CCOCC2)c1. The van der Waals surface area contributed by atoms with Gasteiger partial charge in [0.15, 0.2) is 0 Å². The Morgan fingerprint density at radius 3 is 2.66 bits per heavy atom. The van der Waals surface area contributed by atoms with Gasteiger partial charge in [0.25, 0.3) is 0 Å². The molecule has 0 aromatic heterocycles. The first-order chi connectivity index (χ1) is 13.9. The number of morpholine rings is 1. The number of hydrogen-bond donors (Lipinski definition) is 0. The van der Waals surface area contributed by atoms with Crippen LogP contribution >= 0.6 is 11.6 Å². The average molecular weight is 440 g/mol.